The van der Waals surface area contributed by atoms with Crippen LogP contribution in [0.1, 0.15) is 472 Å². The molecule has 6 atom stereocenters. The van der Waals surface area contributed by atoms with Crippen LogP contribution < -0.4 is 0 Å². The van der Waals surface area contributed by atoms with Gasteiger partial charge in [0.15, 0.2) is 12.2 Å². The maximum absolute atomic E-state index is 13.2. The molecule has 0 aromatic carbocycles. The van der Waals surface area contributed by atoms with Gasteiger partial charge in [-0.25, -0.2) is 9.13 Å². The summed E-state index contributed by atoms with van der Waals surface area (Å²) in [4.78, 5) is 73.2. The summed E-state index contributed by atoms with van der Waals surface area (Å²) in [6.45, 7) is 9.61. The molecular formula is C88H172O17P2. The van der Waals surface area contributed by atoms with Gasteiger partial charge in [0.1, 0.15) is 19.3 Å². The highest BCUT2D eigenvalue weighted by atomic mass is 31.2. The van der Waals surface area contributed by atoms with Crippen molar-refractivity contribution in [3.8, 4) is 0 Å². The van der Waals surface area contributed by atoms with Crippen LogP contribution in [-0.4, -0.2) is 96.7 Å². The van der Waals surface area contributed by atoms with E-state index in [0.29, 0.717) is 31.6 Å². The number of ether oxygens (including phenoxy) is 4. The van der Waals surface area contributed by atoms with Gasteiger partial charge in [0.25, 0.3) is 0 Å². The van der Waals surface area contributed by atoms with E-state index in [1.807, 2.05) is 0 Å². The van der Waals surface area contributed by atoms with E-state index in [1.54, 1.807) is 0 Å². The molecule has 0 aromatic rings. The Morgan fingerprint density at radius 3 is 0.710 bits per heavy atom. The van der Waals surface area contributed by atoms with Crippen molar-refractivity contribution in [2.24, 2.45) is 11.8 Å². The van der Waals surface area contributed by atoms with E-state index in [2.05, 4.69) is 41.5 Å². The first-order valence-corrected chi connectivity index (χ1v) is 48.5. The minimum absolute atomic E-state index is 0.106. The highest BCUT2D eigenvalue weighted by Gasteiger charge is 2.31. The molecule has 0 spiro atoms. The Bertz CT molecular complexity index is 2050. The number of aliphatic hydroxyl groups excluding tert-OH is 1. The topological polar surface area (TPSA) is 237 Å². The summed E-state index contributed by atoms with van der Waals surface area (Å²) in [5.74, 6) is -0.624. The van der Waals surface area contributed by atoms with Crippen molar-refractivity contribution in [1.82, 2.24) is 0 Å². The summed E-state index contributed by atoms with van der Waals surface area (Å²) in [5.41, 5.74) is 0. The molecule has 19 heteroatoms. The minimum atomic E-state index is -4.97. The number of unbranched alkanes of at least 4 members (excludes halogenated alkanes) is 56. The van der Waals surface area contributed by atoms with Crippen molar-refractivity contribution < 1.29 is 80.2 Å². The van der Waals surface area contributed by atoms with Crippen molar-refractivity contribution in [2.45, 2.75) is 490 Å². The van der Waals surface area contributed by atoms with Gasteiger partial charge in [-0.15, -0.1) is 0 Å². The molecule has 0 rings (SSSR count). The minimum Gasteiger partial charge on any atom is -0.462 e. The standard InChI is InChI=1S/C88H172O17P2/c1-7-10-12-14-16-18-20-22-24-26-28-30-32-34-36-38-40-42-47-51-58-64-70-85(90)98-76-83(104-87(92)72-66-60-52-48-43-41-39-37-35-33-31-29-27-25-23-21-19-17-15-13-11-8-2)78-102-106(94,95)100-74-82(89)75-101-107(96,97)103-79-84(77-99-86(91)71-65-59-55-54-56-62-68-80(4)5)105-88(93)73-67-61-53-49-45-44-46-50-57-63-69-81(6)9-3/h80-84,89H,7-79H2,1-6H3,(H,94,95)(H,96,97)/t81?,82-,83-,84-/m1/s1. The van der Waals surface area contributed by atoms with Crippen LogP contribution in [0.3, 0.4) is 0 Å². The molecule has 0 aromatic heterocycles. The summed E-state index contributed by atoms with van der Waals surface area (Å²) >= 11 is 0. The third kappa shape index (κ3) is 80.5. The zero-order chi connectivity index (χ0) is 78.5. The van der Waals surface area contributed by atoms with Crippen molar-refractivity contribution >= 4 is 39.5 Å². The molecular weight excluding hydrogens is 1390 g/mol. The second-order valence-electron chi connectivity index (χ2n) is 32.4. The molecule has 107 heavy (non-hydrogen) atoms. The van der Waals surface area contributed by atoms with Crippen molar-refractivity contribution in [2.75, 3.05) is 39.6 Å². The van der Waals surface area contributed by atoms with Gasteiger partial charge in [0.2, 0.25) is 0 Å². The van der Waals surface area contributed by atoms with E-state index in [-0.39, 0.29) is 25.7 Å². The number of phosphoric ester groups is 2. The number of esters is 4. The average Bonchev–Trinajstić information content (AvgIpc) is 0.902. The van der Waals surface area contributed by atoms with E-state index >= 15 is 0 Å². The van der Waals surface area contributed by atoms with Crippen molar-refractivity contribution in [3.05, 3.63) is 0 Å². The maximum atomic E-state index is 13.2. The first kappa shape index (κ1) is 105. The van der Waals surface area contributed by atoms with Crippen molar-refractivity contribution in [1.29, 1.82) is 0 Å². The van der Waals surface area contributed by atoms with Crippen LogP contribution in [-0.2, 0) is 65.4 Å². The Balaban J connectivity index is 5.18. The highest BCUT2D eigenvalue weighted by molar-refractivity contribution is 7.47. The van der Waals surface area contributed by atoms with Gasteiger partial charge < -0.3 is 33.8 Å². The number of rotatable bonds is 87. The monoisotopic (exact) mass is 1560 g/mol. The smallest absolute Gasteiger partial charge is 0.462 e. The Hall–Kier alpha value is -1.94. The van der Waals surface area contributed by atoms with E-state index < -0.39 is 97.5 Å². The van der Waals surface area contributed by atoms with Crippen LogP contribution in [0.2, 0.25) is 0 Å². The largest absolute Gasteiger partial charge is 0.472 e. The molecule has 0 heterocycles. The molecule has 3 unspecified atom stereocenters. The third-order valence-corrected chi connectivity index (χ3v) is 23.0. The Morgan fingerprint density at radius 1 is 0.271 bits per heavy atom. The SMILES string of the molecule is CCCCCCCCCCCCCCCCCCCCCCCCC(=O)OC[C@H](COP(=O)(O)OC[C@@H](O)COP(=O)(O)OC[C@@H](COC(=O)CCCCCCCCC(C)C)OC(=O)CCCCCCCCCCCCC(C)CC)OC(=O)CCCCCCCCCCCCCCCCCCCCCCCC. The normalized spacial score (nSPS) is 14.0. The fourth-order valence-electron chi connectivity index (χ4n) is 13.7. The van der Waals surface area contributed by atoms with Crippen LogP contribution in [0.5, 0.6) is 0 Å². The predicted molar refractivity (Wildman–Crippen MR) is 442 cm³/mol. The molecule has 0 bridgehead atoms. The quantitative estimate of drug-likeness (QED) is 0.0222. The highest BCUT2D eigenvalue weighted by Crippen LogP contribution is 2.45. The zero-order valence-electron chi connectivity index (χ0n) is 70.5. The average molecular weight is 1560 g/mol. The van der Waals surface area contributed by atoms with Crippen LogP contribution in [0, 0.1) is 11.8 Å². The number of aliphatic hydroxyl groups is 1. The lowest BCUT2D eigenvalue weighted by molar-refractivity contribution is -0.161. The molecule has 636 valence electrons. The molecule has 0 aliphatic carbocycles. The molecule has 0 aliphatic rings. The number of hydrogen-bond acceptors (Lipinski definition) is 15. The molecule has 17 nitrogen and oxygen atoms in total. The van der Waals surface area contributed by atoms with Gasteiger partial charge in [-0.05, 0) is 37.5 Å². The van der Waals surface area contributed by atoms with Crippen LogP contribution in [0.25, 0.3) is 0 Å². The number of phosphoric acid groups is 2. The molecule has 0 aliphatic heterocycles. The predicted octanol–water partition coefficient (Wildman–Crippen LogP) is 27.0. The second-order valence-corrected chi connectivity index (χ2v) is 35.3. The van der Waals surface area contributed by atoms with Gasteiger partial charge >= 0.3 is 39.5 Å². The summed E-state index contributed by atoms with van der Waals surface area (Å²) < 4.78 is 68.9. The number of carbonyl (C=O) groups is 4. The summed E-state index contributed by atoms with van der Waals surface area (Å²) in [5, 5.41) is 10.7. The number of hydrogen-bond donors (Lipinski definition) is 3. The van der Waals surface area contributed by atoms with Gasteiger partial charge in [0, 0.05) is 25.7 Å². The fourth-order valence-corrected chi connectivity index (χ4v) is 15.3. The van der Waals surface area contributed by atoms with Gasteiger partial charge in [-0.1, -0.05) is 420 Å². The molecule has 0 saturated heterocycles. The maximum Gasteiger partial charge on any atom is 0.472 e. The molecule has 0 radical (unpaired) electrons. The van der Waals surface area contributed by atoms with E-state index in [1.165, 1.54) is 283 Å². The van der Waals surface area contributed by atoms with Crippen LogP contribution in [0.4, 0.5) is 0 Å². The van der Waals surface area contributed by atoms with Crippen LogP contribution >= 0.6 is 15.6 Å². The van der Waals surface area contributed by atoms with Crippen LogP contribution in [0.15, 0.2) is 0 Å². The fraction of sp³-hybridized carbons (Fsp3) is 0.955. The van der Waals surface area contributed by atoms with E-state index in [9.17, 15) is 43.2 Å². The third-order valence-electron chi connectivity index (χ3n) is 21.1. The van der Waals surface area contributed by atoms with Gasteiger partial charge in [0.05, 0.1) is 26.4 Å². The molecule has 3 N–H and O–H groups in total. The summed E-state index contributed by atoms with van der Waals surface area (Å²) in [6.07, 6.45) is 72.7. The lowest BCUT2D eigenvalue weighted by atomic mass is 9.99. The molecule has 0 amide bonds. The van der Waals surface area contributed by atoms with Crippen molar-refractivity contribution in [3.63, 3.8) is 0 Å². The van der Waals surface area contributed by atoms with Gasteiger partial charge in [-0.2, -0.15) is 0 Å². The molecule has 0 saturated carbocycles. The number of carbonyl (C=O) groups excluding carboxylic acids is 4. The lowest BCUT2D eigenvalue weighted by Crippen LogP contribution is -2.30. The van der Waals surface area contributed by atoms with E-state index in [4.69, 9.17) is 37.0 Å². The Morgan fingerprint density at radius 2 is 0.477 bits per heavy atom. The first-order chi connectivity index (χ1) is 51.9. The molecule has 0 fully saturated rings. The Kier molecular flexibility index (Phi) is 77.9. The Labute approximate surface area is 658 Å². The van der Waals surface area contributed by atoms with E-state index in [0.717, 1.165) is 102 Å². The lowest BCUT2D eigenvalue weighted by Gasteiger charge is -2.21. The first-order valence-electron chi connectivity index (χ1n) is 45.5. The summed E-state index contributed by atoms with van der Waals surface area (Å²) in [6, 6.07) is 0. The second kappa shape index (κ2) is 79.3. The van der Waals surface area contributed by atoms with Gasteiger partial charge in [-0.3, -0.25) is 37.3 Å². The zero-order valence-corrected chi connectivity index (χ0v) is 72.2. The summed E-state index contributed by atoms with van der Waals surface area (Å²) in [7, 11) is -9.93.